The number of hydrogen-bond donors (Lipinski definition) is 2. The highest BCUT2D eigenvalue weighted by atomic mass is 35.5. The number of fused-ring (bicyclic) bond motifs is 4. The maximum Gasteiger partial charge on any atom is 0.328 e. The number of halogens is 1. The molecule has 2 aromatic carbocycles. The first-order valence-electron chi connectivity index (χ1n) is 14.1. The molecule has 1 spiro atoms. The molecule has 1 fully saturated rings. The number of carbonyl (C=O) groups is 1. The quantitative estimate of drug-likeness (QED) is 0.467. The van der Waals surface area contributed by atoms with Gasteiger partial charge in [0.1, 0.15) is 5.75 Å². The SMILES string of the molecule is CO[C@@H]1/C=C/CCNC(=O)NS(=O)(=O)c2ccc3c(c2)N(C[C@@H]2CC[C@H]21)C[C@@]1(CCCc2cc(Cl)ccc21)CO3. The maximum atomic E-state index is 13.2. The number of amides is 2. The van der Waals surface area contributed by atoms with Crippen molar-refractivity contribution in [2.24, 2.45) is 11.8 Å². The van der Waals surface area contributed by atoms with Crippen LogP contribution in [0.1, 0.15) is 43.2 Å². The average molecular weight is 586 g/mol. The predicted octanol–water partition coefficient (Wildman–Crippen LogP) is 4.80. The summed E-state index contributed by atoms with van der Waals surface area (Å²) in [6, 6.07) is 10.3. The van der Waals surface area contributed by atoms with Crippen LogP contribution in [0.15, 0.2) is 53.4 Å². The fourth-order valence-electron chi connectivity index (χ4n) is 6.91. The molecule has 2 aliphatic heterocycles. The molecule has 6 rings (SSSR count). The van der Waals surface area contributed by atoms with Gasteiger partial charge in [0.15, 0.2) is 0 Å². The molecule has 8 nitrogen and oxygen atoms in total. The first-order valence-corrected chi connectivity index (χ1v) is 15.9. The second kappa shape index (κ2) is 10.9. The van der Waals surface area contributed by atoms with Crippen LogP contribution in [-0.2, 0) is 26.6 Å². The lowest BCUT2D eigenvalue weighted by molar-refractivity contribution is 0.0132. The molecule has 2 heterocycles. The van der Waals surface area contributed by atoms with E-state index in [0.29, 0.717) is 43.7 Å². The zero-order valence-electron chi connectivity index (χ0n) is 22.7. The number of anilines is 1. The van der Waals surface area contributed by atoms with Crippen molar-refractivity contribution in [2.45, 2.75) is 54.9 Å². The number of ether oxygens (including phenoxy) is 2. The van der Waals surface area contributed by atoms with Crippen LogP contribution in [0.3, 0.4) is 0 Å². The third-order valence-corrected chi connectivity index (χ3v) is 10.7. The van der Waals surface area contributed by atoms with Crippen molar-refractivity contribution in [1.82, 2.24) is 10.0 Å². The van der Waals surface area contributed by atoms with Crippen LogP contribution in [0.4, 0.5) is 10.5 Å². The molecular weight excluding hydrogens is 550 g/mol. The van der Waals surface area contributed by atoms with Gasteiger partial charge in [0, 0.05) is 37.2 Å². The zero-order chi connectivity index (χ0) is 27.9. The Hall–Kier alpha value is -2.75. The van der Waals surface area contributed by atoms with E-state index in [2.05, 4.69) is 33.1 Å². The molecule has 10 heteroatoms. The molecule has 0 saturated heterocycles. The summed E-state index contributed by atoms with van der Waals surface area (Å²) < 4.78 is 41.0. The highest BCUT2D eigenvalue weighted by molar-refractivity contribution is 7.90. The van der Waals surface area contributed by atoms with E-state index in [4.69, 9.17) is 21.1 Å². The molecule has 2 N–H and O–H groups in total. The number of nitrogens with one attached hydrogen (secondary N) is 2. The first kappa shape index (κ1) is 27.4. The minimum absolute atomic E-state index is 0.0126. The first-order chi connectivity index (χ1) is 19.3. The molecule has 0 radical (unpaired) electrons. The van der Waals surface area contributed by atoms with Crippen LogP contribution in [0.5, 0.6) is 5.75 Å². The number of hydrogen-bond acceptors (Lipinski definition) is 6. The summed E-state index contributed by atoms with van der Waals surface area (Å²) in [6.07, 6.45) is 9.79. The highest BCUT2D eigenvalue weighted by Gasteiger charge is 2.44. The topological polar surface area (TPSA) is 97.0 Å². The summed E-state index contributed by atoms with van der Waals surface area (Å²) in [6.45, 7) is 2.28. The molecular formula is C30H36ClN3O5S. The van der Waals surface area contributed by atoms with Gasteiger partial charge in [0.05, 0.1) is 23.3 Å². The van der Waals surface area contributed by atoms with Gasteiger partial charge < -0.3 is 19.7 Å². The Balaban J connectivity index is 1.43. The van der Waals surface area contributed by atoms with E-state index in [9.17, 15) is 13.2 Å². The summed E-state index contributed by atoms with van der Waals surface area (Å²) in [4.78, 5) is 14.8. The molecule has 40 heavy (non-hydrogen) atoms. The Bertz CT molecular complexity index is 1430. The van der Waals surface area contributed by atoms with Gasteiger partial charge in [-0.15, -0.1) is 0 Å². The van der Waals surface area contributed by atoms with Crippen molar-refractivity contribution >= 4 is 33.3 Å². The van der Waals surface area contributed by atoms with Gasteiger partial charge >= 0.3 is 6.03 Å². The molecule has 214 valence electrons. The summed E-state index contributed by atoms with van der Waals surface area (Å²) in [5.74, 6) is 1.40. The van der Waals surface area contributed by atoms with Crippen LogP contribution in [0, 0.1) is 11.8 Å². The molecule has 0 aromatic heterocycles. The molecule has 2 bridgehead atoms. The monoisotopic (exact) mass is 585 g/mol. The Morgan fingerprint density at radius 1 is 1.18 bits per heavy atom. The molecule has 1 saturated carbocycles. The van der Waals surface area contributed by atoms with Crippen molar-refractivity contribution in [3.05, 3.63) is 64.7 Å². The van der Waals surface area contributed by atoms with Crippen LogP contribution < -0.4 is 19.7 Å². The van der Waals surface area contributed by atoms with E-state index in [0.717, 1.165) is 49.4 Å². The Morgan fingerprint density at radius 2 is 2.05 bits per heavy atom. The molecule has 2 aliphatic carbocycles. The van der Waals surface area contributed by atoms with E-state index < -0.39 is 16.1 Å². The van der Waals surface area contributed by atoms with Crippen molar-refractivity contribution in [1.29, 1.82) is 0 Å². The molecule has 2 aromatic rings. The summed E-state index contributed by atoms with van der Waals surface area (Å²) >= 11 is 6.38. The van der Waals surface area contributed by atoms with Crippen LogP contribution in [0.25, 0.3) is 0 Å². The van der Waals surface area contributed by atoms with E-state index in [-0.39, 0.29) is 16.4 Å². The predicted molar refractivity (Wildman–Crippen MR) is 155 cm³/mol. The molecule has 4 atom stereocenters. The number of rotatable bonds is 1. The van der Waals surface area contributed by atoms with E-state index in [1.54, 1.807) is 19.2 Å². The third kappa shape index (κ3) is 5.19. The summed E-state index contributed by atoms with van der Waals surface area (Å²) in [5, 5.41) is 3.37. The van der Waals surface area contributed by atoms with Gasteiger partial charge in [0.25, 0.3) is 10.0 Å². The average Bonchev–Trinajstić information content (AvgIpc) is 3.06. The Kier molecular flexibility index (Phi) is 7.48. The largest absolute Gasteiger partial charge is 0.490 e. The summed E-state index contributed by atoms with van der Waals surface area (Å²) in [7, 11) is -2.33. The van der Waals surface area contributed by atoms with Gasteiger partial charge in [-0.3, -0.25) is 0 Å². The maximum absolute atomic E-state index is 13.2. The number of sulfonamides is 1. The normalized spacial score (nSPS) is 30.4. The van der Waals surface area contributed by atoms with Crippen LogP contribution in [-0.4, -0.2) is 53.9 Å². The molecule has 2 amide bonds. The van der Waals surface area contributed by atoms with Crippen LogP contribution >= 0.6 is 11.6 Å². The second-order valence-corrected chi connectivity index (χ2v) is 13.6. The van der Waals surface area contributed by atoms with Gasteiger partial charge in [-0.2, -0.15) is 0 Å². The van der Waals surface area contributed by atoms with Gasteiger partial charge in [-0.05, 0) is 91.8 Å². The third-order valence-electron chi connectivity index (χ3n) is 9.09. The molecule has 0 unspecified atom stereocenters. The van der Waals surface area contributed by atoms with Crippen LogP contribution in [0.2, 0.25) is 5.02 Å². The lowest BCUT2D eigenvalue weighted by Crippen LogP contribution is -2.49. The van der Waals surface area contributed by atoms with Crippen molar-refractivity contribution in [3.8, 4) is 5.75 Å². The smallest absolute Gasteiger partial charge is 0.328 e. The number of nitrogens with zero attached hydrogens (tertiary/aromatic N) is 1. The number of urea groups is 1. The van der Waals surface area contributed by atoms with Crippen molar-refractivity contribution < 1.29 is 22.7 Å². The number of benzene rings is 2. The minimum atomic E-state index is -4.08. The fraction of sp³-hybridized carbons (Fsp3) is 0.500. The van der Waals surface area contributed by atoms with Crippen molar-refractivity contribution in [2.75, 3.05) is 38.3 Å². The fourth-order valence-corrected chi connectivity index (χ4v) is 8.05. The van der Waals surface area contributed by atoms with E-state index in [1.807, 2.05) is 12.1 Å². The lowest BCUT2D eigenvalue weighted by atomic mass is 9.68. The Labute approximate surface area is 241 Å². The molecule has 4 aliphatic rings. The van der Waals surface area contributed by atoms with E-state index in [1.165, 1.54) is 17.2 Å². The van der Waals surface area contributed by atoms with E-state index >= 15 is 0 Å². The number of methoxy groups -OCH3 is 1. The second-order valence-electron chi connectivity index (χ2n) is 11.5. The lowest BCUT2D eigenvalue weighted by Gasteiger charge is -2.46. The highest BCUT2D eigenvalue weighted by Crippen LogP contribution is 2.47. The van der Waals surface area contributed by atoms with Gasteiger partial charge in [-0.25, -0.2) is 17.9 Å². The summed E-state index contributed by atoms with van der Waals surface area (Å²) in [5.41, 5.74) is 3.00. The standard InChI is InChI=1S/C30H36ClN3O5S/c1-38-27-6-2-3-14-32-29(35)33-40(36,37)23-9-12-28-26(16-23)34(17-21-7-10-24(21)27)18-30(19-39-28)13-4-5-20-15-22(31)8-11-25(20)30/h2,6,8-9,11-12,15-16,21,24,27H,3-5,7,10,13-14,17-19H2,1H3,(H2,32,33,35)/b6-2+/t21-,24+,27+,30-/m0/s1. The van der Waals surface area contributed by atoms with Gasteiger partial charge in [-0.1, -0.05) is 29.8 Å². The number of aryl methyl sites for hydroxylation is 1. The van der Waals surface area contributed by atoms with Crippen molar-refractivity contribution in [3.63, 3.8) is 0 Å². The Morgan fingerprint density at radius 3 is 2.85 bits per heavy atom. The zero-order valence-corrected chi connectivity index (χ0v) is 24.3. The minimum Gasteiger partial charge on any atom is -0.490 e. The van der Waals surface area contributed by atoms with Gasteiger partial charge in [0.2, 0.25) is 0 Å². The number of carbonyl (C=O) groups excluding carboxylic acids is 1.